The van der Waals surface area contributed by atoms with E-state index in [9.17, 15) is 18.4 Å². The van der Waals surface area contributed by atoms with Gasteiger partial charge < -0.3 is 15.6 Å². The molecule has 9 nitrogen and oxygen atoms in total. The third-order valence-corrected chi connectivity index (χ3v) is 4.76. The van der Waals surface area contributed by atoms with Crippen LogP contribution in [0, 0.1) is 12.8 Å². The number of aromatic amines is 1. The molecule has 0 spiro atoms. The van der Waals surface area contributed by atoms with Gasteiger partial charge in [0.2, 0.25) is 5.91 Å². The molecule has 0 radical (unpaired) electrons. The van der Waals surface area contributed by atoms with E-state index in [2.05, 4.69) is 35.5 Å². The van der Waals surface area contributed by atoms with Gasteiger partial charge in [-0.25, -0.2) is 18.4 Å². The number of H-pyrrole nitrogens is 1. The van der Waals surface area contributed by atoms with Gasteiger partial charge >= 0.3 is 0 Å². The second-order valence-electron chi connectivity index (χ2n) is 7.06. The summed E-state index contributed by atoms with van der Waals surface area (Å²) in [4.78, 5) is 31.3. The largest absolute Gasteiger partial charge is 0.352 e. The van der Waals surface area contributed by atoms with E-state index in [-0.39, 0.29) is 31.6 Å². The molecule has 1 unspecified atom stereocenters. The van der Waals surface area contributed by atoms with Crippen molar-refractivity contribution in [1.29, 1.82) is 0 Å². The maximum Gasteiger partial charge on any atom is 0.275 e. The lowest BCUT2D eigenvalue weighted by molar-refractivity contribution is -0.122. The fourth-order valence-corrected chi connectivity index (χ4v) is 2.98. The van der Waals surface area contributed by atoms with Crippen molar-refractivity contribution in [3.05, 3.63) is 41.0 Å². The van der Waals surface area contributed by atoms with E-state index in [4.69, 9.17) is 0 Å². The number of imidazole rings is 1. The van der Waals surface area contributed by atoms with E-state index in [1.165, 1.54) is 0 Å². The molecule has 2 amide bonds. The van der Waals surface area contributed by atoms with Gasteiger partial charge in [-0.15, -0.1) is 0 Å². The number of amides is 2. The number of fused-ring (bicyclic) bond motifs is 1. The van der Waals surface area contributed by atoms with Crippen molar-refractivity contribution >= 4 is 22.8 Å². The maximum absolute atomic E-state index is 12.9. The molecule has 1 atom stereocenters. The van der Waals surface area contributed by atoms with Crippen molar-refractivity contribution in [3.8, 4) is 0 Å². The van der Waals surface area contributed by atoms with Crippen LogP contribution >= 0.6 is 0 Å². The summed E-state index contributed by atoms with van der Waals surface area (Å²) in [6, 6.07) is 5.38. The first-order valence-electron chi connectivity index (χ1n) is 9.01. The van der Waals surface area contributed by atoms with Crippen LogP contribution in [-0.2, 0) is 17.9 Å². The molecule has 1 saturated carbocycles. The molecular formula is C18H18F2N6O3. The molecule has 0 saturated heterocycles. The lowest BCUT2D eigenvalue weighted by Gasteiger charge is -2.05. The summed E-state index contributed by atoms with van der Waals surface area (Å²) < 4.78 is 30.3. The zero-order valence-electron chi connectivity index (χ0n) is 15.5. The van der Waals surface area contributed by atoms with E-state index in [1.54, 1.807) is 19.1 Å². The molecule has 4 rings (SSSR count). The Bertz CT molecular complexity index is 1080. The Labute approximate surface area is 163 Å². The number of benzene rings is 1. The van der Waals surface area contributed by atoms with Crippen LogP contribution in [0.5, 0.6) is 0 Å². The highest BCUT2D eigenvalue weighted by Crippen LogP contribution is 2.50. The number of hydrogen-bond acceptors (Lipinski definition) is 6. The van der Waals surface area contributed by atoms with Crippen LogP contribution in [0.1, 0.15) is 40.4 Å². The summed E-state index contributed by atoms with van der Waals surface area (Å²) in [5, 5.41) is 12.4. The number of halogens is 2. The average molecular weight is 404 g/mol. The lowest BCUT2D eigenvalue weighted by Crippen LogP contribution is -2.24. The molecule has 2 heterocycles. The molecule has 152 valence electrons. The molecule has 2 aromatic heterocycles. The van der Waals surface area contributed by atoms with Gasteiger partial charge in [0.1, 0.15) is 11.5 Å². The Balaban J connectivity index is 1.33. The third kappa shape index (κ3) is 4.23. The van der Waals surface area contributed by atoms with Gasteiger partial charge in [-0.2, -0.15) is 0 Å². The summed E-state index contributed by atoms with van der Waals surface area (Å²) in [6.07, 6.45) is -0.379. The molecule has 1 aliphatic carbocycles. The topological polar surface area (TPSA) is 126 Å². The van der Waals surface area contributed by atoms with E-state index >= 15 is 0 Å². The quantitative estimate of drug-likeness (QED) is 0.552. The molecule has 1 aromatic carbocycles. The van der Waals surface area contributed by atoms with Crippen LogP contribution in [0.15, 0.2) is 22.8 Å². The summed E-state index contributed by atoms with van der Waals surface area (Å²) in [5.74, 6) is -3.81. The summed E-state index contributed by atoms with van der Waals surface area (Å²) in [5.41, 5.74) is 2.74. The first-order valence-corrected chi connectivity index (χ1v) is 9.01. The number of aryl methyl sites for hydroxylation is 1. The summed E-state index contributed by atoms with van der Waals surface area (Å²) in [6.45, 7) is 2.00. The van der Waals surface area contributed by atoms with Crippen molar-refractivity contribution in [3.63, 3.8) is 0 Å². The Kier molecular flexibility index (Phi) is 4.73. The maximum atomic E-state index is 12.9. The van der Waals surface area contributed by atoms with Gasteiger partial charge in [-0.1, -0.05) is 11.2 Å². The number of alkyl halides is 2. The number of carbonyl (C=O) groups is 2. The van der Waals surface area contributed by atoms with Crippen molar-refractivity contribution in [2.75, 3.05) is 0 Å². The predicted molar refractivity (Wildman–Crippen MR) is 95.8 cm³/mol. The number of aromatic nitrogens is 4. The van der Waals surface area contributed by atoms with Crippen LogP contribution in [-0.4, -0.2) is 38.0 Å². The van der Waals surface area contributed by atoms with Crippen LogP contribution in [0.2, 0.25) is 0 Å². The van der Waals surface area contributed by atoms with E-state index in [0.717, 1.165) is 11.1 Å². The number of nitrogens with one attached hydrogen (secondary N) is 3. The molecule has 0 aliphatic heterocycles. The molecular weight excluding hydrogens is 386 g/mol. The molecule has 0 bridgehead atoms. The lowest BCUT2D eigenvalue weighted by atomic mass is 10.2. The van der Waals surface area contributed by atoms with Gasteiger partial charge in [-0.3, -0.25) is 9.59 Å². The number of rotatable bonds is 7. The van der Waals surface area contributed by atoms with Crippen molar-refractivity contribution in [1.82, 2.24) is 30.9 Å². The molecule has 1 fully saturated rings. The minimum absolute atomic E-state index is 0.114. The smallest absolute Gasteiger partial charge is 0.275 e. The molecule has 1 aliphatic rings. The van der Waals surface area contributed by atoms with Crippen LogP contribution in [0.25, 0.3) is 11.0 Å². The van der Waals surface area contributed by atoms with E-state index < -0.39 is 23.7 Å². The number of hydrogen-bond donors (Lipinski definition) is 3. The van der Waals surface area contributed by atoms with Gasteiger partial charge in [0, 0.05) is 25.3 Å². The minimum atomic E-state index is -2.69. The number of nitrogens with zero attached hydrogens (tertiary/aromatic N) is 3. The van der Waals surface area contributed by atoms with Crippen LogP contribution < -0.4 is 10.6 Å². The fourth-order valence-electron chi connectivity index (χ4n) is 2.98. The van der Waals surface area contributed by atoms with Crippen molar-refractivity contribution in [2.45, 2.75) is 38.8 Å². The van der Waals surface area contributed by atoms with Crippen molar-refractivity contribution < 1.29 is 23.0 Å². The van der Waals surface area contributed by atoms with Gasteiger partial charge in [0.25, 0.3) is 11.8 Å². The minimum Gasteiger partial charge on any atom is -0.352 e. The summed E-state index contributed by atoms with van der Waals surface area (Å²) in [7, 11) is 0. The molecule has 29 heavy (non-hydrogen) atoms. The zero-order chi connectivity index (χ0) is 20.6. The fraction of sp³-hybridized carbons (Fsp3) is 0.389. The second-order valence-corrected chi connectivity index (χ2v) is 7.06. The normalized spacial score (nSPS) is 17.3. The van der Waals surface area contributed by atoms with E-state index in [0.29, 0.717) is 17.0 Å². The third-order valence-electron chi connectivity index (χ3n) is 4.76. The van der Waals surface area contributed by atoms with E-state index in [1.807, 2.05) is 6.07 Å². The highest BCUT2D eigenvalue weighted by Gasteiger charge is 2.57. The molecule has 3 N–H and O–H groups in total. The van der Waals surface area contributed by atoms with Crippen molar-refractivity contribution in [2.24, 2.45) is 5.92 Å². The molecule has 11 heteroatoms. The molecule has 3 aromatic rings. The monoisotopic (exact) mass is 404 g/mol. The van der Waals surface area contributed by atoms with Gasteiger partial charge in [0.15, 0.2) is 5.69 Å². The number of carbonyl (C=O) groups excluding carboxylic acids is 2. The van der Waals surface area contributed by atoms with Gasteiger partial charge in [0.05, 0.1) is 17.6 Å². The van der Waals surface area contributed by atoms with Gasteiger partial charge in [-0.05, 0) is 29.8 Å². The Morgan fingerprint density at radius 2 is 2.07 bits per heavy atom. The highest BCUT2D eigenvalue weighted by atomic mass is 19.3. The Morgan fingerprint density at radius 1 is 1.28 bits per heavy atom. The zero-order valence-corrected chi connectivity index (χ0v) is 15.5. The Hall–Kier alpha value is -3.37. The second kappa shape index (κ2) is 7.22. The standard InChI is InChI=1S/C18H18F2N6O3/c1-9-16(26-29-25-9)17(28)22-8-14-23-12-3-2-10(4-13(12)24-14)7-21-15(27)5-11-6-18(11,19)20/h2-4,11H,5-8H2,1H3,(H,21,27)(H,22,28)(H,23,24). The SMILES string of the molecule is Cc1nonc1C(=O)NCc1nc2ccc(CNC(=O)CC3CC3(F)F)cc2[nH]1. The first kappa shape index (κ1) is 19.0. The average Bonchev–Trinajstić information content (AvgIpc) is 3.04. The Morgan fingerprint density at radius 3 is 2.76 bits per heavy atom. The highest BCUT2D eigenvalue weighted by molar-refractivity contribution is 5.92. The first-order chi connectivity index (χ1) is 13.8. The summed E-state index contributed by atoms with van der Waals surface area (Å²) >= 11 is 0. The van der Waals surface area contributed by atoms with Crippen LogP contribution in [0.4, 0.5) is 8.78 Å². The predicted octanol–water partition coefficient (Wildman–Crippen LogP) is 1.85. The van der Waals surface area contributed by atoms with Crippen LogP contribution in [0.3, 0.4) is 0 Å².